The van der Waals surface area contributed by atoms with E-state index < -0.39 is 0 Å². The number of thiophene rings is 1. The molecule has 0 unspecified atom stereocenters. The van der Waals surface area contributed by atoms with E-state index in [0.29, 0.717) is 6.54 Å². The molecule has 0 amide bonds. The maximum atomic E-state index is 5.50. The summed E-state index contributed by atoms with van der Waals surface area (Å²) in [4.78, 5) is 6.66. The van der Waals surface area contributed by atoms with Crippen LogP contribution in [0.3, 0.4) is 0 Å². The van der Waals surface area contributed by atoms with Crippen LogP contribution in [0.2, 0.25) is 0 Å². The van der Waals surface area contributed by atoms with E-state index in [1.54, 1.807) is 22.7 Å². The Bertz CT molecular complexity index is 562. The van der Waals surface area contributed by atoms with Gasteiger partial charge in [-0.2, -0.15) is 5.10 Å². The molecule has 3 aromatic heterocycles. The molecule has 16 heavy (non-hydrogen) atoms. The van der Waals surface area contributed by atoms with Gasteiger partial charge in [0.25, 0.3) is 0 Å². The van der Waals surface area contributed by atoms with Crippen molar-refractivity contribution in [3.05, 3.63) is 28.7 Å². The SMILES string of the molecule is NCCc1nn2cc(-c3cccs3)nc2s1. The summed E-state index contributed by atoms with van der Waals surface area (Å²) in [5.41, 5.74) is 6.49. The van der Waals surface area contributed by atoms with E-state index in [9.17, 15) is 0 Å². The highest BCUT2D eigenvalue weighted by Gasteiger charge is 2.09. The number of nitrogens with two attached hydrogens (primary N) is 1. The molecule has 0 saturated heterocycles. The van der Waals surface area contributed by atoms with Gasteiger partial charge in [-0.1, -0.05) is 17.4 Å². The first-order chi connectivity index (χ1) is 7.86. The zero-order valence-corrected chi connectivity index (χ0v) is 10.1. The van der Waals surface area contributed by atoms with Crippen molar-refractivity contribution >= 4 is 27.6 Å². The van der Waals surface area contributed by atoms with Crippen LogP contribution in [0.25, 0.3) is 15.5 Å². The van der Waals surface area contributed by atoms with Gasteiger partial charge in [0, 0.05) is 6.42 Å². The van der Waals surface area contributed by atoms with Crippen molar-refractivity contribution in [2.45, 2.75) is 6.42 Å². The Morgan fingerprint density at radius 3 is 3.06 bits per heavy atom. The summed E-state index contributed by atoms with van der Waals surface area (Å²) in [7, 11) is 0. The number of aromatic nitrogens is 3. The second-order valence-electron chi connectivity index (χ2n) is 3.37. The van der Waals surface area contributed by atoms with Gasteiger partial charge < -0.3 is 5.73 Å². The molecular weight excluding hydrogens is 240 g/mol. The minimum absolute atomic E-state index is 0.633. The number of hydrogen-bond acceptors (Lipinski definition) is 5. The fourth-order valence-electron chi connectivity index (χ4n) is 1.51. The standard InChI is InChI=1S/C10H10N4S2/c11-4-3-9-13-14-6-7(12-10(14)16-9)8-2-1-5-15-8/h1-2,5-6H,3-4,11H2. The van der Waals surface area contributed by atoms with Crippen LogP contribution in [0.1, 0.15) is 5.01 Å². The maximum absolute atomic E-state index is 5.50. The van der Waals surface area contributed by atoms with Gasteiger partial charge in [-0.3, -0.25) is 0 Å². The molecule has 6 heteroatoms. The summed E-state index contributed by atoms with van der Waals surface area (Å²) in [5.74, 6) is 0. The Morgan fingerprint density at radius 2 is 2.38 bits per heavy atom. The molecule has 3 heterocycles. The lowest BCUT2D eigenvalue weighted by molar-refractivity contribution is 0.873. The molecule has 4 nitrogen and oxygen atoms in total. The number of imidazole rings is 1. The summed E-state index contributed by atoms with van der Waals surface area (Å²) in [6, 6.07) is 4.10. The third-order valence-corrected chi connectivity index (χ3v) is 4.09. The fourth-order valence-corrected chi connectivity index (χ4v) is 3.08. The lowest BCUT2D eigenvalue weighted by atomic mass is 10.4. The van der Waals surface area contributed by atoms with Crippen molar-refractivity contribution in [1.82, 2.24) is 14.6 Å². The second-order valence-corrected chi connectivity index (χ2v) is 5.35. The van der Waals surface area contributed by atoms with Crippen LogP contribution >= 0.6 is 22.7 Å². The van der Waals surface area contributed by atoms with E-state index in [4.69, 9.17) is 5.73 Å². The first-order valence-corrected chi connectivity index (χ1v) is 6.65. The van der Waals surface area contributed by atoms with Crippen LogP contribution in [0.4, 0.5) is 0 Å². The minimum Gasteiger partial charge on any atom is -0.330 e. The quantitative estimate of drug-likeness (QED) is 0.773. The highest BCUT2D eigenvalue weighted by molar-refractivity contribution is 7.16. The van der Waals surface area contributed by atoms with Gasteiger partial charge in [0.15, 0.2) is 0 Å². The van der Waals surface area contributed by atoms with E-state index in [-0.39, 0.29) is 0 Å². The van der Waals surface area contributed by atoms with E-state index in [1.165, 1.54) is 4.88 Å². The van der Waals surface area contributed by atoms with Crippen molar-refractivity contribution in [2.75, 3.05) is 6.54 Å². The van der Waals surface area contributed by atoms with Gasteiger partial charge in [0.1, 0.15) is 10.7 Å². The molecule has 0 radical (unpaired) electrons. The van der Waals surface area contributed by atoms with Crippen LogP contribution in [0.15, 0.2) is 23.7 Å². The molecule has 0 bridgehead atoms. The van der Waals surface area contributed by atoms with E-state index in [2.05, 4.69) is 21.5 Å². The Morgan fingerprint density at radius 1 is 1.44 bits per heavy atom. The van der Waals surface area contributed by atoms with Crippen LogP contribution in [-0.2, 0) is 6.42 Å². The normalized spacial score (nSPS) is 11.3. The zero-order valence-electron chi connectivity index (χ0n) is 8.46. The summed E-state index contributed by atoms with van der Waals surface area (Å²) >= 11 is 3.30. The van der Waals surface area contributed by atoms with Gasteiger partial charge in [-0.05, 0) is 18.0 Å². The smallest absolute Gasteiger partial charge is 0.212 e. The van der Waals surface area contributed by atoms with Gasteiger partial charge >= 0.3 is 0 Å². The van der Waals surface area contributed by atoms with Crippen LogP contribution in [0.5, 0.6) is 0 Å². The van der Waals surface area contributed by atoms with Gasteiger partial charge in [-0.25, -0.2) is 9.50 Å². The summed E-state index contributed by atoms with van der Waals surface area (Å²) in [5, 5.41) is 7.53. The van der Waals surface area contributed by atoms with Crippen molar-refractivity contribution < 1.29 is 0 Å². The summed E-state index contributed by atoms with van der Waals surface area (Å²) in [6.45, 7) is 0.633. The average Bonchev–Trinajstić information content (AvgIpc) is 2.89. The lowest BCUT2D eigenvalue weighted by Crippen LogP contribution is -2.02. The molecule has 3 rings (SSSR count). The van der Waals surface area contributed by atoms with Crippen molar-refractivity contribution in [3.63, 3.8) is 0 Å². The highest BCUT2D eigenvalue weighted by Crippen LogP contribution is 2.25. The Labute approximate surface area is 100 Å². The predicted molar refractivity (Wildman–Crippen MR) is 66.9 cm³/mol. The number of rotatable bonds is 3. The Kier molecular flexibility index (Phi) is 2.47. The predicted octanol–water partition coefficient (Wildman–Crippen LogP) is 2.02. The van der Waals surface area contributed by atoms with Crippen LogP contribution < -0.4 is 5.73 Å². The fraction of sp³-hybridized carbons (Fsp3) is 0.200. The molecule has 0 atom stereocenters. The third-order valence-electron chi connectivity index (χ3n) is 2.22. The molecule has 0 spiro atoms. The van der Waals surface area contributed by atoms with Crippen LogP contribution in [-0.4, -0.2) is 21.1 Å². The number of hydrogen-bond donors (Lipinski definition) is 1. The molecule has 0 aliphatic rings. The van der Waals surface area contributed by atoms with E-state index in [0.717, 1.165) is 22.1 Å². The molecule has 0 aromatic carbocycles. The van der Waals surface area contributed by atoms with Crippen LogP contribution in [0, 0.1) is 0 Å². The van der Waals surface area contributed by atoms with E-state index >= 15 is 0 Å². The molecule has 0 aliphatic carbocycles. The first-order valence-electron chi connectivity index (χ1n) is 4.96. The van der Waals surface area contributed by atoms with Crippen molar-refractivity contribution in [2.24, 2.45) is 5.73 Å². The Balaban J connectivity index is 2.02. The number of fused-ring (bicyclic) bond motifs is 1. The zero-order chi connectivity index (χ0) is 11.0. The molecule has 2 N–H and O–H groups in total. The summed E-state index contributed by atoms with van der Waals surface area (Å²) < 4.78 is 1.84. The average molecular weight is 250 g/mol. The molecular formula is C10H10N4S2. The summed E-state index contributed by atoms with van der Waals surface area (Å²) in [6.07, 6.45) is 2.79. The largest absolute Gasteiger partial charge is 0.330 e. The lowest BCUT2D eigenvalue weighted by Gasteiger charge is -1.88. The van der Waals surface area contributed by atoms with E-state index in [1.807, 2.05) is 16.8 Å². The maximum Gasteiger partial charge on any atom is 0.212 e. The number of nitrogens with zero attached hydrogens (tertiary/aromatic N) is 3. The minimum atomic E-state index is 0.633. The van der Waals surface area contributed by atoms with Gasteiger partial charge in [0.05, 0.1) is 11.1 Å². The molecule has 82 valence electrons. The monoisotopic (exact) mass is 250 g/mol. The second kappa shape index (κ2) is 3.97. The molecule has 0 saturated carbocycles. The third kappa shape index (κ3) is 1.64. The highest BCUT2D eigenvalue weighted by atomic mass is 32.1. The topological polar surface area (TPSA) is 56.2 Å². The van der Waals surface area contributed by atoms with Gasteiger partial charge in [-0.15, -0.1) is 11.3 Å². The van der Waals surface area contributed by atoms with Crippen molar-refractivity contribution in [3.8, 4) is 10.6 Å². The molecule has 0 fully saturated rings. The first kappa shape index (κ1) is 9.95. The molecule has 3 aromatic rings. The molecule has 0 aliphatic heterocycles. The van der Waals surface area contributed by atoms with Gasteiger partial charge in [0.2, 0.25) is 4.96 Å². The Hall–Kier alpha value is -1.24. The van der Waals surface area contributed by atoms with Crippen molar-refractivity contribution in [1.29, 1.82) is 0 Å².